The average molecular weight is 585 g/mol. The van der Waals surface area contributed by atoms with E-state index in [2.05, 4.69) is 35.9 Å². The fourth-order valence-electron chi connectivity index (χ4n) is 4.31. The van der Waals surface area contributed by atoms with Gasteiger partial charge in [0, 0.05) is 37.1 Å². The number of nitrogens with one attached hydrogen (secondary N) is 4. The van der Waals surface area contributed by atoms with Crippen LogP contribution in [0.1, 0.15) is 33.7 Å². The van der Waals surface area contributed by atoms with Gasteiger partial charge in [-0.1, -0.05) is 41.4 Å². The van der Waals surface area contributed by atoms with E-state index >= 15 is 0 Å². The van der Waals surface area contributed by atoms with E-state index in [0.29, 0.717) is 12.2 Å². The van der Waals surface area contributed by atoms with Crippen molar-refractivity contribution >= 4 is 58.0 Å². The number of aromatic amines is 1. The third kappa shape index (κ3) is 7.62. The van der Waals surface area contributed by atoms with Crippen LogP contribution in [-0.2, 0) is 4.79 Å². The number of carbonyl (C=O) groups excluding carboxylic acids is 3. The molecule has 40 heavy (non-hydrogen) atoms. The minimum absolute atomic E-state index is 0.114. The van der Waals surface area contributed by atoms with Crippen LogP contribution in [0.2, 0.25) is 10.0 Å². The first-order valence-electron chi connectivity index (χ1n) is 12.8. The summed E-state index contributed by atoms with van der Waals surface area (Å²) >= 11 is 12.3. The number of carbonyl (C=O) groups is 3. The molecule has 3 aromatic rings. The number of hydrogen-bond donors (Lipinski definition) is 4. The molecule has 1 aliphatic rings. The van der Waals surface area contributed by atoms with Gasteiger partial charge in [0.2, 0.25) is 5.91 Å². The molecule has 0 unspecified atom stereocenters. The molecule has 1 fully saturated rings. The third-order valence-corrected chi connectivity index (χ3v) is 6.95. The molecular weight excluding hydrogens is 553 g/mol. The van der Waals surface area contributed by atoms with Gasteiger partial charge < -0.3 is 25.8 Å². The van der Waals surface area contributed by atoms with Crippen LogP contribution in [0, 0.1) is 0 Å². The van der Waals surface area contributed by atoms with E-state index in [-0.39, 0.29) is 38.9 Å². The zero-order chi connectivity index (χ0) is 28.6. The van der Waals surface area contributed by atoms with E-state index in [9.17, 15) is 14.4 Å². The normalized spacial score (nSPS) is 15.0. The lowest BCUT2D eigenvalue weighted by molar-refractivity contribution is -0.111. The minimum atomic E-state index is -0.547. The summed E-state index contributed by atoms with van der Waals surface area (Å²) in [5.74, 6) is -1.12. The summed E-state index contributed by atoms with van der Waals surface area (Å²) in [5, 5.41) is 15.5. The van der Waals surface area contributed by atoms with Crippen LogP contribution < -0.4 is 20.9 Å². The maximum atomic E-state index is 13.0. The molecule has 2 heterocycles. The third-order valence-electron chi connectivity index (χ3n) is 6.32. The fraction of sp³-hybridized carbons (Fsp3) is 0.286. The van der Waals surface area contributed by atoms with E-state index in [1.165, 1.54) is 6.20 Å². The highest BCUT2D eigenvalue weighted by molar-refractivity contribution is 6.40. The number of rotatable bonds is 10. The first-order chi connectivity index (χ1) is 19.2. The largest absolute Gasteiger partial charge is 0.369 e. The van der Waals surface area contributed by atoms with Gasteiger partial charge in [0.1, 0.15) is 5.69 Å². The van der Waals surface area contributed by atoms with Gasteiger partial charge in [0.15, 0.2) is 0 Å². The maximum absolute atomic E-state index is 13.0. The Morgan fingerprint density at radius 3 is 2.60 bits per heavy atom. The number of amides is 3. The summed E-state index contributed by atoms with van der Waals surface area (Å²) in [4.78, 5) is 42.3. The number of benzene rings is 2. The second-order valence-electron chi connectivity index (χ2n) is 9.65. The molecule has 4 rings (SSSR count). The minimum Gasteiger partial charge on any atom is -0.369 e. The van der Waals surface area contributed by atoms with Gasteiger partial charge in [0.25, 0.3) is 11.8 Å². The Labute approximate surface area is 242 Å². The molecule has 210 valence electrons. The van der Waals surface area contributed by atoms with Gasteiger partial charge in [0.05, 0.1) is 27.5 Å². The smallest absolute Gasteiger partial charge is 0.271 e. The number of aromatic nitrogens is 2. The Hall–Kier alpha value is -3.86. The fourth-order valence-corrected chi connectivity index (χ4v) is 4.88. The van der Waals surface area contributed by atoms with Crippen LogP contribution in [0.4, 0.5) is 17.1 Å². The van der Waals surface area contributed by atoms with E-state index in [1.807, 2.05) is 44.4 Å². The van der Waals surface area contributed by atoms with Crippen LogP contribution in [0.25, 0.3) is 0 Å². The predicted molar refractivity (Wildman–Crippen MR) is 158 cm³/mol. The van der Waals surface area contributed by atoms with E-state index in [1.54, 1.807) is 24.3 Å². The second-order valence-corrected chi connectivity index (χ2v) is 10.5. The summed E-state index contributed by atoms with van der Waals surface area (Å²) in [5.41, 5.74) is 2.09. The molecule has 10 nitrogen and oxygen atoms in total. The molecule has 0 spiro atoms. The lowest BCUT2D eigenvalue weighted by Gasteiger charge is -2.20. The lowest BCUT2D eigenvalue weighted by Crippen LogP contribution is -2.37. The molecule has 1 saturated heterocycles. The molecule has 1 atom stereocenters. The van der Waals surface area contributed by atoms with Crippen LogP contribution in [0.15, 0.2) is 60.8 Å². The van der Waals surface area contributed by atoms with E-state index < -0.39 is 11.8 Å². The highest BCUT2D eigenvalue weighted by atomic mass is 35.5. The highest BCUT2D eigenvalue weighted by Crippen LogP contribution is 2.27. The van der Waals surface area contributed by atoms with Gasteiger partial charge in [-0.05, 0) is 63.3 Å². The van der Waals surface area contributed by atoms with Crippen molar-refractivity contribution in [2.45, 2.75) is 18.9 Å². The molecule has 1 aliphatic heterocycles. The van der Waals surface area contributed by atoms with Gasteiger partial charge in [-0.3, -0.25) is 19.5 Å². The van der Waals surface area contributed by atoms with Crippen molar-refractivity contribution < 1.29 is 14.4 Å². The predicted octanol–water partition coefficient (Wildman–Crippen LogP) is 4.42. The van der Waals surface area contributed by atoms with Crippen molar-refractivity contribution in [2.75, 3.05) is 49.3 Å². The Morgan fingerprint density at radius 1 is 1.10 bits per heavy atom. The molecule has 4 N–H and O–H groups in total. The highest BCUT2D eigenvalue weighted by Gasteiger charge is 2.27. The topological polar surface area (TPSA) is 122 Å². The number of H-pyrrole nitrogens is 1. The second kappa shape index (κ2) is 13.5. The Balaban J connectivity index is 1.33. The number of nitrogens with zero attached hydrogens (tertiary/aromatic N) is 3. The van der Waals surface area contributed by atoms with Crippen molar-refractivity contribution in [1.29, 1.82) is 0 Å². The first kappa shape index (κ1) is 29.1. The van der Waals surface area contributed by atoms with Gasteiger partial charge in [-0.25, -0.2) is 0 Å². The Bertz CT molecular complexity index is 1390. The Kier molecular flexibility index (Phi) is 9.81. The molecular formula is C28H31Cl2N7O3. The zero-order valence-electron chi connectivity index (χ0n) is 22.2. The molecule has 2 aromatic carbocycles. The number of anilines is 3. The maximum Gasteiger partial charge on any atom is 0.271 e. The van der Waals surface area contributed by atoms with Crippen molar-refractivity contribution in [2.24, 2.45) is 0 Å². The van der Waals surface area contributed by atoms with Gasteiger partial charge in [-0.2, -0.15) is 5.10 Å². The first-order valence-corrected chi connectivity index (χ1v) is 13.5. The van der Waals surface area contributed by atoms with Crippen molar-refractivity contribution in [3.05, 3.63) is 82.1 Å². The van der Waals surface area contributed by atoms with E-state index in [4.69, 9.17) is 23.2 Å². The summed E-state index contributed by atoms with van der Waals surface area (Å²) in [7, 11) is 3.98. The summed E-state index contributed by atoms with van der Waals surface area (Å²) < 4.78 is 0. The Morgan fingerprint density at radius 2 is 1.85 bits per heavy atom. The van der Waals surface area contributed by atoms with Gasteiger partial charge >= 0.3 is 0 Å². The van der Waals surface area contributed by atoms with Crippen LogP contribution in [0.3, 0.4) is 0 Å². The van der Waals surface area contributed by atoms with Crippen LogP contribution in [-0.4, -0.2) is 72.6 Å². The lowest BCUT2D eigenvalue weighted by atomic mass is 10.2. The summed E-state index contributed by atoms with van der Waals surface area (Å²) in [6.07, 6.45) is 6.28. The van der Waals surface area contributed by atoms with Crippen LogP contribution in [0.5, 0.6) is 0 Å². The SMILES string of the molecule is CN(C)CCC=CC(=O)Nc1cccc(N2CC[C@H](NC(=O)c3[nH]ncc3NC(=O)c3c(Cl)cccc3Cl)C2)c1. The molecule has 0 bridgehead atoms. The molecule has 3 amide bonds. The number of halogens is 2. The molecule has 12 heteroatoms. The number of hydrogen-bond acceptors (Lipinski definition) is 6. The van der Waals surface area contributed by atoms with Crippen LogP contribution >= 0.6 is 23.2 Å². The van der Waals surface area contributed by atoms with Crippen molar-refractivity contribution in [3.8, 4) is 0 Å². The van der Waals surface area contributed by atoms with Crippen molar-refractivity contribution in [1.82, 2.24) is 20.4 Å². The summed E-state index contributed by atoms with van der Waals surface area (Å²) in [6, 6.07) is 12.2. The van der Waals surface area contributed by atoms with Gasteiger partial charge in [-0.15, -0.1) is 0 Å². The van der Waals surface area contributed by atoms with E-state index in [0.717, 1.165) is 31.6 Å². The summed E-state index contributed by atoms with van der Waals surface area (Å²) in [6.45, 7) is 2.18. The zero-order valence-corrected chi connectivity index (χ0v) is 23.7. The quantitative estimate of drug-likeness (QED) is 0.262. The molecule has 0 saturated carbocycles. The molecule has 1 aromatic heterocycles. The molecule has 0 radical (unpaired) electrons. The van der Waals surface area contributed by atoms with Crippen molar-refractivity contribution in [3.63, 3.8) is 0 Å². The monoisotopic (exact) mass is 583 g/mol. The molecule has 0 aliphatic carbocycles. The standard InChI is InChI=1S/C28H31Cl2N7O3/c1-36(2)13-4-3-11-24(38)32-18-7-5-8-20(15-18)37-14-12-19(17-37)33-28(40)26-23(16-31-35-26)34-27(39)25-21(29)9-6-10-22(25)30/h3,5-11,15-16,19H,4,12-14,17H2,1-2H3,(H,31,35)(H,32,38)(H,33,40)(H,34,39)/t19-/m0/s1. The average Bonchev–Trinajstić information content (AvgIpc) is 3.56.